The minimum atomic E-state index is -0.280. The number of methoxy groups -OCH3 is 1. The van der Waals surface area contributed by atoms with Crippen LogP contribution in [0.25, 0.3) is 0 Å². The number of morpholine rings is 1. The summed E-state index contributed by atoms with van der Waals surface area (Å²) < 4.78 is 16.2. The fourth-order valence-electron chi connectivity index (χ4n) is 2.98. The van der Waals surface area contributed by atoms with E-state index in [-0.39, 0.29) is 18.4 Å². The maximum absolute atomic E-state index is 12.2. The van der Waals surface area contributed by atoms with E-state index in [9.17, 15) is 9.59 Å². The van der Waals surface area contributed by atoms with Crippen molar-refractivity contribution < 1.29 is 23.8 Å². The van der Waals surface area contributed by atoms with Crippen LogP contribution >= 0.6 is 0 Å². The molecule has 0 aliphatic carbocycles. The highest BCUT2D eigenvalue weighted by Crippen LogP contribution is 2.27. The number of amides is 2. The first-order valence-corrected chi connectivity index (χ1v) is 9.64. The van der Waals surface area contributed by atoms with Crippen molar-refractivity contribution in [3.63, 3.8) is 0 Å². The first-order chi connectivity index (χ1) is 14.6. The van der Waals surface area contributed by atoms with E-state index in [2.05, 4.69) is 10.5 Å². The zero-order valence-corrected chi connectivity index (χ0v) is 17.1. The first kappa shape index (κ1) is 21.3. The van der Waals surface area contributed by atoms with Crippen molar-refractivity contribution in [2.45, 2.75) is 6.92 Å². The lowest BCUT2D eigenvalue weighted by atomic mass is 10.1. The highest BCUT2D eigenvalue weighted by atomic mass is 16.5. The average Bonchev–Trinajstić information content (AvgIpc) is 2.78. The monoisotopic (exact) mass is 411 g/mol. The van der Waals surface area contributed by atoms with Gasteiger partial charge in [0.25, 0.3) is 11.8 Å². The summed E-state index contributed by atoms with van der Waals surface area (Å²) in [4.78, 5) is 26.1. The third-order valence-electron chi connectivity index (χ3n) is 4.67. The predicted molar refractivity (Wildman–Crippen MR) is 112 cm³/mol. The minimum absolute atomic E-state index is 0.0731. The van der Waals surface area contributed by atoms with Gasteiger partial charge < -0.3 is 19.1 Å². The number of benzene rings is 2. The molecule has 2 amide bonds. The second-order valence-electron chi connectivity index (χ2n) is 6.71. The fourth-order valence-corrected chi connectivity index (χ4v) is 2.98. The van der Waals surface area contributed by atoms with Crippen LogP contribution < -0.4 is 14.9 Å². The number of ether oxygens (including phenoxy) is 3. The highest BCUT2D eigenvalue weighted by molar-refractivity contribution is 5.96. The Hall–Kier alpha value is -3.39. The molecule has 2 aromatic carbocycles. The molecule has 30 heavy (non-hydrogen) atoms. The molecule has 0 radical (unpaired) electrons. The zero-order chi connectivity index (χ0) is 21.3. The topological polar surface area (TPSA) is 89.5 Å². The number of hydrazone groups is 1. The Morgan fingerprint density at radius 1 is 1.17 bits per heavy atom. The highest BCUT2D eigenvalue weighted by Gasteiger charge is 2.18. The molecule has 0 bridgehead atoms. The number of rotatable bonds is 7. The lowest BCUT2D eigenvalue weighted by Crippen LogP contribution is -2.43. The van der Waals surface area contributed by atoms with E-state index >= 15 is 0 Å². The fraction of sp³-hybridized carbons (Fsp3) is 0.318. The zero-order valence-electron chi connectivity index (χ0n) is 17.1. The average molecular weight is 411 g/mol. The molecule has 2 aromatic rings. The summed E-state index contributed by atoms with van der Waals surface area (Å²) in [5.74, 6) is 0.557. The summed E-state index contributed by atoms with van der Waals surface area (Å²) in [6, 6.07) is 12.5. The maximum atomic E-state index is 12.2. The van der Waals surface area contributed by atoms with Gasteiger partial charge in [0.05, 0.1) is 26.5 Å². The Bertz CT molecular complexity index is 923. The normalized spacial score (nSPS) is 13.9. The predicted octanol–water partition coefficient (Wildman–Crippen LogP) is 2.01. The number of hydrogen-bond acceptors (Lipinski definition) is 6. The molecule has 0 saturated carbocycles. The van der Waals surface area contributed by atoms with Crippen molar-refractivity contribution in [1.82, 2.24) is 10.3 Å². The van der Waals surface area contributed by atoms with Gasteiger partial charge in [-0.3, -0.25) is 9.59 Å². The molecule has 0 unspecified atom stereocenters. The van der Waals surface area contributed by atoms with Gasteiger partial charge >= 0.3 is 0 Å². The van der Waals surface area contributed by atoms with Gasteiger partial charge in [-0.1, -0.05) is 18.2 Å². The van der Waals surface area contributed by atoms with E-state index < -0.39 is 0 Å². The van der Waals surface area contributed by atoms with Crippen molar-refractivity contribution in [2.75, 3.05) is 40.0 Å². The van der Waals surface area contributed by atoms with E-state index in [0.717, 1.165) is 5.56 Å². The van der Waals surface area contributed by atoms with Gasteiger partial charge in [-0.2, -0.15) is 5.10 Å². The number of aryl methyl sites for hydroxylation is 1. The molecule has 0 spiro atoms. The van der Waals surface area contributed by atoms with Crippen LogP contribution in [0.4, 0.5) is 0 Å². The minimum Gasteiger partial charge on any atom is -0.493 e. The van der Waals surface area contributed by atoms with Crippen LogP contribution in [0.15, 0.2) is 47.6 Å². The molecular weight excluding hydrogens is 386 g/mol. The van der Waals surface area contributed by atoms with Crippen LogP contribution in [0, 0.1) is 6.92 Å². The Balaban J connectivity index is 1.58. The smallest absolute Gasteiger partial charge is 0.271 e. The molecule has 1 saturated heterocycles. The summed E-state index contributed by atoms with van der Waals surface area (Å²) >= 11 is 0. The SMILES string of the molecule is COc1cc(/C=N\NC(=O)c2ccccc2C)ccc1OCC(=O)N1CCOCC1. The van der Waals surface area contributed by atoms with Crippen LogP contribution in [0.2, 0.25) is 0 Å². The van der Waals surface area contributed by atoms with Crippen LogP contribution in [-0.4, -0.2) is 62.9 Å². The van der Waals surface area contributed by atoms with E-state index in [4.69, 9.17) is 14.2 Å². The molecule has 0 aromatic heterocycles. The van der Waals surface area contributed by atoms with Crippen LogP contribution in [0.3, 0.4) is 0 Å². The van der Waals surface area contributed by atoms with Crippen molar-refractivity contribution in [1.29, 1.82) is 0 Å². The molecule has 1 aliphatic rings. The van der Waals surface area contributed by atoms with Gasteiger partial charge in [-0.05, 0) is 42.3 Å². The summed E-state index contributed by atoms with van der Waals surface area (Å²) in [5, 5.41) is 4.01. The van der Waals surface area contributed by atoms with Crippen LogP contribution in [0.5, 0.6) is 11.5 Å². The number of nitrogens with zero attached hydrogens (tertiary/aromatic N) is 2. The van der Waals surface area contributed by atoms with Crippen LogP contribution in [-0.2, 0) is 9.53 Å². The molecule has 8 heteroatoms. The first-order valence-electron chi connectivity index (χ1n) is 9.64. The summed E-state index contributed by atoms with van der Waals surface area (Å²) in [5.41, 5.74) is 4.67. The van der Waals surface area contributed by atoms with E-state index in [1.165, 1.54) is 13.3 Å². The summed E-state index contributed by atoms with van der Waals surface area (Å²) in [6.07, 6.45) is 1.52. The molecular formula is C22H25N3O5. The third-order valence-corrected chi connectivity index (χ3v) is 4.67. The lowest BCUT2D eigenvalue weighted by molar-refractivity contribution is -0.137. The Morgan fingerprint density at radius 2 is 1.93 bits per heavy atom. The Labute approximate surface area is 175 Å². The van der Waals surface area contributed by atoms with Gasteiger partial charge in [0.1, 0.15) is 0 Å². The number of carbonyl (C=O) groups excluding carboxylic acids is 2. The van der Waals surface area contributed by atoms with E-state index in [1.807, 2.05) is 19.1 Å². The van der Waals surface area contributed by atoms with Crippen LogP contribution in [0.1, 0.15) is 21.5 Å². The summed E-state index contributed by atoms with van der Waals surface area (Å²) in [7, 11) is 1.52. The molecule has 8 nitrogen and oxygen atoms in total. The van der Waals surface area contributed by atoms with Crippen molar-refractivity contribution in [3.8, 4) is 11.5 Å². The van der Waals surface area contributed by atoms with Gasteiger partial charge in [0, 0.05) is 18.7 Å². The molecule has 3 rings (SSSR count). The maximum Gasteiger partial charge on any atom is 0.271 e. The molecule has 1 aliphatic heterocycles. The molecule has 1 N–H and O–H groups in total. The number of nitrogens with one attached hydrogen (secondary N) is 1. The third kappa shape index (κ3) is 5.57. The van der Waals surface area contributed by atoms with Gasteiger partial charge in [0.2, 0.25) is 0 Å². The number of hydrogen-bond donors (Lipinski definition) is 1. The van der Waals surface area contributed by atoms with Crippen molar-refractivity contribution >= 4 is 18.0 Å². The number of carbonyl (C=O) groups is 2. The van der Waals surface area contributed by atoms with Crippen molar-refractivity contribution in [2.24, 2.45) is 5.10 Å². The summed E-state index contributed by atoms with van der Waals surface area (Å²) in [6.45, 7) is 4.03. The largest absolute Gasteiger partial charge is 0.493 e. The second-order valence-corrected chi connectivity index (χ2v) is 6.71. The quantitative estimate of drug-likeness (QED) is 0.556. The lowest BCUT2D eigenvalue weighted by Gasteiger charge is -2.26. The molecule has 1 heterocycles. The molecule has 158 valence electrons. The Kier molecular flexibility index (Phi) is 7.40. The Morgan fingerprint density at radius 3 is 2.67 bits per heavy atom. The molecule has 1 fully saturated rings. The van der Waals surface area contributed by atoms with Gasteiger partial charge in [-0.15, -0.1) is 0 Å². The van der Waals surface area contributed by atoms with E-state index in [0.29, 0.717) is 48.9 Å². The van der Waals surface area contributed by atoms with Crippen molar-refractivity contribution in [3.05, 3.63) is 59.2 Å². The van der Waals surface area contributed by atoms with Gasteiger partial charge in [0.15, 0.2) is 18.1 Å². The van der Waals surface area contributed by atoms with E-state index in [1.54, 1.807) is 35.2 Å². The second kappa shape index (κ2) is 10.4. The van der Waals surface area contributed by atoms with Gasteiger partial charge in [-0.25, -0.2) is 5.43 Å². The standard InChI is InChI=1S/C22H25N3O5/c1-16-5-3-4-6-18(16)22(27)24-23-14-17-7-8-19(20(13-17)28-2)30-15-21(26)25-9-11-29-12-10-25/h3-8,13-14H,9-12,15H2,1-2H3,(H,24,27)/b23-14-. The molecule has 0 atom stereocenters.